The molecule has 0 spiro atoms. The molecule has 0 bridgehead atoms. The molecule has 1 rings (SSSR count). The molecule has 0 fully saturated rings. The van der Waals surface area contributed by atoms with Crippen LogP contribution in [-0.4, -0.2) is 27.3 Å². The van der Waals surface area contributed by atoms with E-state index in [0.29, 0.717) is 5.88 Å². The molecule has 0 saturated carbocycles. The molecule has 0 aliphatic rings. The monoisotopic (exact) mass is 261 g/mol. The fourth-order valence-electron chi connectivity index (χ4n) is 1.60. The predicted octanol–water partition coefficient (Wildman–Crippen LogP) is 3.55. The summed E-state index contributed by atoms with van der Waals surface area (Å²) in [6.07, 6.45) is 0.997. The number of hydrogen-bond acceptors (Lipinski definition) is 2. The zero-order valence-electron chi connectivity index (χ0n) is 9.67. The largest absolute Gasteiger partial charge is 0.385 e. The number of methoxy groups -OCH3 is 1. The van der Waals surface area contributed by atoms with E-state index in [1.54, 1.807) is 7.11 Å². The van der Waals surface area contributed by atoms with E-state index in [2.05, 4.69) is 11.9 Å². The van der Waals surface area contributed by atoms with Crippen molar-refractivity contribution < 1.29 is 4.74 Å². The van der Waals surface area contributed by atoms with Crippen molar-refractivity contribution in [3.63, 3.8) is 0 Å². The molecule has 0 heterocycles. The first-order chi connectivity index (χ1) is 7.69. The van der Waals surface area contributed by atoms with Crippen LogP contribution >= 0.6 is 23.2 Å². The zero-order valence-corrected chi connectivity index (χ0v) is 11.2. The van der Waals surface area contributed by atoms with E-state index in [1.807, 2.05) is 18.2 Å². The third-order valence-corrected chi connectivity index (χ3v) is 2.96. The number of benzene rings is 1. The Balaban J connectivity index is 2.70. The van der Waals surface area contributed by atoms with Crippen LogP contribution in [0.4, 0.5) is 5.69 Å². The molecule has 0 aliphatic carbocycles. The number of rotatable bonds is 6. The van der Waals surface area contributed by atoms with E-state index >= 15 is 0 Å². The molecule has 0 saturated heterocycles. The molecule has 0 amide bonds. The maximum Gasteiger partial charge on any atom is 0.0495 e. The average Bonchev–Trinajstić information content (AvgIpc) is 2.29. The van der Waals surface area contributed by atoms with E-state index in [4.69, 9.17) is 27.9 Å². The SMILES string of the molecule is COCCCN(C)c1ccc(Cl)cc1CCl. The van der Waals surface area contributed by atoms with Gasteiger partial charge < -0.3 is 9.64 Å². The van der Waals surface area contributed by atoms with Crippen molar-refractivity contribution in [3.8, 4) is 0 Å². The van der Waals surface area contributed by atoms with Gasteiger partial charge in [-0.25, -0.2) is 0 Å². The summed E-state index contributed by atoms with van der Waals surface area (Å²) >= 11 is 11.8. The molecule has 90 valence electrons. The van der Waals surface area contributed by atoms with Crippen molar-refractivity contribution in [2.24, 2.45) is 0 Å². The molecule has 1 aromatic rings. The van der Waals surface area contributed by atoms with E-state index < -0.39 is 0 Å². The molecule has 0 atom stereocenters. The van der Waals surface area contributed by atoms with Crippen LogP contribution < -0.4 is 4.90 Å². The Labute approximate surface area is 107 Å². The first-order valence-electron chi connectivity index (χ1n) is 5.23. The van der Waals surface area contributed by atoms with Gasteiger partial charge >= 0.3 is 0 Å². The highest BCUT2D eigenvalue weighted by atomic mass is 35.5. The summed E-state index contributed by atoms with van der Waals surface area (Å²) in [5, 5.41) is 0.727. The second kappa shape index (κ2) is 7.00. The molecule has 0 radical (unpaired) electrons. The maximum atomic E-state index is 5.93. The maximum absolute atomic E-state index is 5.93. The normalized spacial score (nSPS) is 10.5. The van der Waals surface area contributed by atoms with Crippen LogP contribution in [0.1, 0.15) is 12.0 Å². The lowest BCUT2D eigenvalue weighted by molar-refractivity contribution is 0.196. The summed E-state index contributed by atoms with van der Waals surface area (Å²) in [6, 6.07) is 5.81. The summed E-state index contributed by atoms with van der Waals surface area (Å²) in [5.41, 5.74) is 2.20. The Bertz CT molecular complexity index is 331. The Morgan fingerprint density at radius 1 is 1.38 bits per heavy atom. The predicted molar refractivity (Wildman–Crippen MR) is 70.8 cm³/mol. The highest BCUT2D eigenvalue weighted by Crippen LogP contribution is 2.25. The number of hydrogen-bond donors (Lipinski definition) is 0. The van der Waals surface area contributed by atoms with Gasteiger partial charge in [-0.15, -0.1) is 11.6 Å². The van der Waals surface area contributed by atoms with Gasteiger partial charge in [0.1, 0.15) is 0 Å². The number of alkyl halides is 1. The molecular formula is C12H17Cl2NO. The van der Waals surface area contributed by atoms with Gasteiger partial charge in [-0.2, -0.15) is 0 Å². The van der Waals surface area contributed by atoms with E-state index in [1.165, 1.54) is 0 Å². The Morgan fingerprint density at radius 2 is 2.12 bits per heavy atom. The smallest absolute Gasteiger partial charge is 0.0495 e. The number of ether oxygens (including phenoxy) is 1. The van der Waals surface area contributed by atoms with Crippen molar-refractivity contribution in [2.75, 3.05) is 32.2 Å². The summed E-state index contributed by atoms with van der Waals surface area (Å²) in [4.78, 5) is 2.17. The second-order valence-corrected chi connectivity index (χ2v) is 4.38. The fourth-order valence-corrected chi connectivity index (χ4v) is 2.01. The van der Waals surface area contributed by atoms with Gasteiger partial charge in [0.05, 0.1) is 0 Å². The minimum Gasteiger partial charge on any atom is -0.385 e. The minimum atomic E-state index is 0.477. The highest BCUT2D eigenvalue weighted by Gasteiger charge is 2.07. The van der Waals surface area contributed by atoms with Gasteiger partial charge in [-0.3, -0.25) is 0 Å². The van der Waals surface area contributed by atoms with Gasteiger partial charge in [0.15, 0.2) is 0 Å². The summed E-state index contributed by atoms with van der Waals surface area (Å²) in [7, 11) is 3.77. The molecule has 0 unspecified atom stereocenters. The Morgan fingerprint density at radius 3 is 2.75 bits per heavy atom. The first-order valence-corrected chi connectivity index (χ1v) is 6.14. The Kier molecular flexibility index (Phi) is 5.96. The summed E-state index contributed by atoms with van der Waals surface area (Å²) in [5.74, 6) is 0.477. The average molecular weight is 262 g/mol. The molecule has 0 aliphatic heterocycles. The van der Waals surface area contributed by atoms with Crippen molar-refractivity contribution in [1.29, 1.82) is 0 Å². The van der Waals surface area contributed by atoms with Crippen LogP contribution in [0.5, 0.6) is 0 Å². The van der Waals surface area contributed by atoms with Crippen LogP contribution in [0.25, 0.3) is 0 Å². The summed E-state index contributed by atoms with van der Waals surface area (Å²) in [6.45, 7) is 1.72. The van der Waals surface area contributed by atoms with Gasteiger partial charge in [0, 0.05) is 43.9 Å². The van der Waals surface area contributed by atoms with Gasteiger partial charge in [-0.05, 0) is 30.2 Å². The first kappa shape index (κ1) is 13.6. The van der Waals surface area contributed by atoms with Crippen LogP contribution in [0.15, 0.2) is 18.2 Å². The lowest BCUT2D eigenvalue weighted by Crippen LogP contribution is -2.20. The zero-order chi connectivity index (χ0) is 12.0. The van der Waals surface area contributed by atoms with Crippen molar-refractivity contribution in [2.45, 2.75) is 12.3 Å². The second-order valence-electron chi connectivity index (χ2n) is 3.67. The van der Waals surface area contributed by atoms with E-state index in [9.17, 15) is 0 Å². The Hall–Kier alpha value is -0.440. The minimum absolute atomic E-state index is 0.477. The molecule has 1 aromatic carbocycles. The molecule has 16 heavy (non-hydrogen) atoms. The highest BCUT2D eigenvalue weighted by molar-refractivity contribution is 6.30. The lowest BCUT2D eigenvalue weighted by atomic mass is 10.2. The van der Waals surface area contributed by atoms with Gasteiger partial charge in [0.25, 0.3) is 0 Å². The van der Waals surface area contributed by atoms with E-state index in [0.717, 1.165) is 35.8 Å². The van der Waals surface area contributed by atoms with Crippen LogP contribution in [0.3, 0.4) is 0 Å². The third-order valence-electron chi connectivity index (χ3n) is 2.44. The van der Waals surface area contributed by atoms with Crippen LogP contribution in [0, 0.1) is 0 Å². The standard InChI is InChI=1S/C12H17Cl2NO/c1-15(6-3-7-16-2)12-5-4-11(14)8-10(12)9-13/h4-5,8H,3,6-7,9H2,1-2H3. The van der Waals surface area contributed by atoms with Gasteiger partial charge in [-0.1, -0.05) is 11.6 Å². The number of nitrogens with zero attached hydrogens (tertiary/aromatic N) is 1. The topological polar surface area (TPSA) is 12.5 Å². The summed E-state index contributed by atoms with van der Waals surface area (Å²) < 4.78 is 5.03. The number of halogens is 2. The molecule has 0 aromatic heterocycles. The van der Waals surface area contributed by atoms with Crippen molar-refractivity contribution >= 4 is 28.9 Å². The molecule has 2 nitrogen and oxygen atoms in total. The number of anilines is 1. The molecule has 4 heteroatoms. The molecular weight excluding hydrogens is 245 g/mol. The fraction of sp³-hybridized carbons (Fsp3) is 0.500. The van der Waals surface area contributed by atoms with Gasteiger partial charge in [0.2, 0.25) is 0 Å². The quantitative estimate of drug-likeness (QED) is 0.574. The van der Waals surface area contributed by atoms with Crippen LogP contribution in [-0.2, 0) is 10.6 Å². The van der Waals surface area contributed by atoms with Crippen molar-refractivity contribution in [3.05, 3.63) is 28.8 Å². The third kappa shape index (κ3) is 3.85. The van der Waals surface area contributed by atoms with Crippen LogP contribution in [0.2, 0.25) is 5.02 Å². The lowest BCUT2D eigenvalue weighted by Gasteiger charge is -2.22. The van der Waals surface area contributed by atoms with Crippen molar-refractivity contribution in [1.82, 2.24) is 0 Å². The molecule has 0 N–H and O–H groups in total. The van der Waals surface area contributed by atoms with E-state index in [-0.39, 0.29) is 0 Å².